The van der Waals surface area contributed by atoms with Crippen molar-refractivity contribution in [3.63, 3.8) is 0 Å². The molecule has 0 radical (unpaired) electrons. The van der Waals surface area contributed by atoms with Gasteiger partial charge in [0.15, 0.2) is 0 Å². The zero-order valence-corrected chi connectivity index (χ0v) is 16.4. The van der Waals surface area contributed by atoms with Crippen LogP contribution in [0.4, 0.5) is 11.4 Å². The van der Waals surface area contributed by atoms with Gasteiger partial charge in [0.25, 0.3) is 0 Å². The van der Waals surface area contributed by atoms with Gasteiger partial charge in [-0.1, -0.05) is 35.3 Å². The second-order valence-corrected chi connectivity index (χ2v) is 7.45. The van der Waals surface area contributed by atoms with Gasteiger partial charge >= 0.3 is 0 Å². The van der Waals surface area contributed by atoms with Crippen LogP contribution in [0.2, 0.25) is 10.0 Å². The molecule has 26 heavy (non-hydrogen) atoms. The van der Waals surface area contributed by atoms with Crippen molar-refractivity contribution >= 4 is 40.5 Å². The summed E-state index contributed by atoms with van der Waals surface area (Å²) in [5.41, 5.74) is 2.68. The quantitative estimate of drug-likeness (QED) is 0.820. The second kappa shape index (κ2) is 8.76. The monoisotopic (exact) mass is 392 g/mol. The van der Waals surface area contributed by atoms with E-state index in [1.54, 1.807) is 17.0 Å². The summed E-state index contributed by atoms with van der Waals surface area (Å²) in [7, 11) is 0. The highest BCUT2D eigenvalue weighted by Gasteiger charge is 2.20. The van der Waals surface area contributed by atoms with Crippen LogP contribution in [0, 0.1) is 0 Å². The standard InChI is InChI=1S/C20H23Cl2N3O/c1-2-24-9-11-25(12-10-24)19-8-7-17(14-18(19)22)23-20(26)13-15-3-5-16(21)6-4-15/h3-8,14H,2,9-13H2,1H3,(H,23,26)/p+1. The summed E-state index contributed by atoms with van der Waals surface area (Å²) < 4.78 is 0. The zero-order valence-electron chi connectivity index (χ0n) is 14.9. The Morgan fingerprint density at radius 3 is 2.42 bits per heavy atom. The topological polar surface area (TPSA) is 36.8 Å². The van der Waals surface area contributed by atoms with Crippen LogP contribution in [0.1, 0.15) is 12.5 Å². The van der Waals surface area contributed by atoms with E-state index in [2.05, 4.69) is 17.1 Å². The van der Waals surface area contributed by atoms with Crippen molar-refractivity contribution in [3.05, 3.63) is 58.1 Å². The molecule has 0 saturated carbocycles. The number of benzene rings is 2. The highest BCUT2D eigenvalue weighted by Crippen LogP contribution is 2.29. The summed E-state index contributed by atoms with van der Waals surface area (Å²) in [5.74, 6) is -0.0729. The molecule has 1 aliphatic rings. The molecule has 1 fully saturated rings. The minimum atomic E-state index is -0.0729. The Morgan fingerprint density at radius 1 is 1.12 bits per heavy atom. The third kappa shape index (κ3) is 4.91. The maximum Gasteiger partial charge on any atom is 0.228 e. The summed E-state index contributed by atoms with van der Waals surface area (Å²) in [6.07, 6.45) is 0.304. The molecule has 4 nitrogen and oxygen atoms in total. The minimum Gasteiger partial charge on any atom is -0.359 e. The SMILES string of the molecule is CC[NH+]1CCN(c2ccc(NC(=O)Cc3ccc(Cl)cc3)cc2Cl)CC1. The largest absolute Gasteiger partial charge is 0.359 e. The molecule has 1 saturated heterocycles. The highest BCUT2D eigenvalue weighted by molar-refractivity contribution is 6.33. The number of piperazine rings is 1. The number of likely N-dealkylation sites (N-methyl/N-ethyl adjacent to an activating group) is 1. The molecular formula is C20H24Cl2N3O+. The van der Waals surface area contributed by atoms with Crippen LogP contribution in [0.25, 0.3) is 0 Å². The van der Waals surface area contributed by atoms with E-state index < -0.39 is 0 Å². The number of hydrogen-bond donors (Lipinski definition) is 2. The number of carbonyl (C=O) groups is 1. The summed E-state index contributed by atoms with van der Waals surface area (Å²) in [6, 6.07) is 13.0. The molecule has 0 aliphatic carbocycles. The summed E-state index contributed by atoms with van der Waals surface area (Å²) in [6.45, 7) is 7.66. The van der Waals surface area contributed by atoms with Gasteiger partial charge in [0.05, 0.1) is 49.9 Å². The maximum absolute atomic E-state index is 12.2. The van der Waals surface area contributed by atoms with Gasteiger partial charge in [-0.25, -0.2) is 0 Å². The van der Waals surface area contributed by atoms with E-state index in [1.807, 2.05) is 30.3 Å². The number of hydrogen-bond acceptors (Lipinski definition) is 2. The lowest BCUT2D eigenvalue weighted by molar-refractivity contribution is -0.898. The van der Waals surface area contributed by atoms with Crippen molar-refractivity contribution in [2.45, 2.75) is 13.3 Å². The van der Waals surface area contributed by atoms with Crippen molar-refractivity contribution in [3.8, 4) is 0 Å². The first kappa shape index (κ1) is 19.0. The Hall–Kier alpha value is -1.75. The van der Waals surface area contributed by atoms with Gasteiger partial charge in [0.2, 0.25) is 5.91 Å². The fourth-order valence-electron chi connectivity index (χ4n) is 3.25. The van der Waals surface area contributed by atoms with E-state index in [4.69, 9.17) is 23.2 Å². The molecule has 0 spiro atoms. The van der Waals surface area contributed by atoms with Gasteiger partial charge < -0.3 is 15.1 Å². The van der Waals surface area contributed by atoms with E-state index in [0.717, 1.165) is 43.1 Å². The van der Waals surface area contributed by atoms with E-state index in [0.29, 0.717) is 16.5 Å². The van der Waals surface area contributed by atoms with Crippen molar-refractivity contribution in [1.82, 2.24) is 0 Å². The Labute approximate surface area is 164 Å². The molecule has 0 bridgehead atoms. The summed E-state index contributed by atoms with van der Waals surface area (Å²) >= 11 is 12.3. The van der Waals surface area contributed by atoms with Crippen LogP contribution >= 0.6 is 23.2 Å². The van der Waals surface area contributed by atoms with Crippen molar-refractivity contribution in [2.24, 2.45) is 0 Å². The molecule has 0 unspecified atom stereocenters. The number of nitrogens with one attached hydrogen (secondary N) is 2. The smallest absolute Gasteiger partial charge is 0.228 e. The van der Waals surface area contributed by atoms with Crippen LogP contribution in [0.3, 0.4) is 0 Å². The van der Waals surface area contributed by atoms with Gasteiger partial charge in [-0.05, 0) is 42.8 Å². The third-order valence-electron chi connectivity index (χ3n) is 4.82. The fraction of sp³-hybridized carbons (Fsp3) is 0.350. The van der Waals surface area contributed by atoms with Gasteiger partial charge in [0.1, 0.15) is 0 Å². The van der Waals surface area contributed by atoms with Gasteiger partial charge in [-0.3, -0.25) is 4.79 Å². The molecular weight excluding hydrogens is 369 g/mol. The zero-order chi connectivity index (χ0) is 18.5. The molecule has 6 heteroatoms. The molecule has 138 valence electrons. The Morgan fingerprint density at radius 2 is 1.81 bits per heavy atom. The number of amides is 1. The summed E-state index contributed by atoms with van der Waals surface area (Å²) in [4.78, 5) is 16.2. The van der Waals surface area contributed by atoms with E-state index in [-0.39, 0.29) is 5.91 Å². The molecule has 2 N–H and O–H groups in total. The summed E-state index contributed by atoms with van der Waals surface area (Å²) in [5, 5.41) is 4.25. The van der Waals surface area contributed by atoms with E-state index in [1.165, 1.54) is 6.54 Å². The number of halogens is 2. The first-order valence-corrected chi connectivity index (χ1v) is 9.73. The van der Waals surface area contributed by atoms with E-state index in [9.17, 15) is 4.79 Å². The van der Waals surface area contributed by atoms with Crippen LogP contribution in [0.15, 0.2) is 42.5 Å². The molecule has 2 aromatic carbocycles. The van der Waals surface area contributed by atoms with Crippen LogP contribution in [-0.4, -0.2) is 38.6 Å². The predicted molar refractivity (Wildman–Crippen MR) is 109 cm³/mol. The van der Waals surface area contributed by atoms with Crippen molar-refractivity contribution < 1.29 is 9.69 Å². The highest BCUT2D eigenvalue weighted by atomic mass is 35.5. The van der Waals surface area contributed by atoms with Crippen molar-refractivity contribution in [1.29, 1.82) is 0 Å². The van der Waals surface area contributed by atoms with E-state index >= 15 is 0 Å². The van der Waals surface area contributed by atoms with Gasteiger partial charge in [0, 0.05) is 10.7 Å². The van der Waals surface area contributed by atoms with Crippen LogP contribution < -0.4 is 15.1 Å². The molecule has 1 amide bonds. The Balaban J connectivity index is 1.60. The van der Waals surface area contributed by atoms with Gasteiger partial charge in [-0.2, -0.15) is 0 Å². The maximum atomic E-state index is 12.2. The lowest BCUT2D eigenvalue weighted by Gasteiger charge is -2.33. The first-order valence-electron chi connectivity index (χ1n) is 8.97. The number of rotatable bonds is 5. The number of quaternary nitrogens is 1. The normalized spacial score (nSPS) is 15.1. The van der Waals surface area contributed by atoms with Crippen LogP contribution in [-0.2, 0) is 11.2 Å². The Bertz CT molecular complexity index is 756. The number of carbonyl (C=O) groups excluding carboxylic acids is 1. The molecule has 0 atom stereocenters. The lowest BCUT2D eigenvalue weighted by Crippen LogP contribution is -3.14. The minimum absolute atomic E-state index is 0.0729. The average Bonchev–Trinajstić information content (AvgIpc) is 2.64. The van der Waals surface area contributed by atoms with Gasteiger partial charge in [-0.15, -0.1) is 0 Å². The second-order valence-electron chi connectivity index (χ2n) is 6.61. The lowest BCUT2D eigenvalue weighted by atomic mass is 10.1. The average molecular weight is 393 g/mol. The number of nitrogens with zero attached hydrogens (tertiary/aromatic N) is 1. The van der Waals surface area contributed by atoms with Crippen LogP contribution in [0.5, 0.6) is 0 Å². The molecule has 3 rings (SSSR count). The predicted octanol–water partition coefficient (Wildman–Crippen LogP) is 2.90. The number of anilines is 2. The first-order chi connectivity index (χ1) is 12.5. The Kier molecular flexibility index (Phi) is 6.41. The molecule has 2 aromatic rings. The van der Waals surface area contributed by atoms with Crippen molar-refractivity contribution in [2.75, 3.05) is 42.9 Å². The fourth-order valence-corrected chi connectivity index (χ4v) is 3.68. The molecule has 1 heterocycles. The molecule has 0 aromatic heterocycles. The molecule has 1 aliphatic heterocycles. The third-order valence-corrected chi connectivity index (χ3v) is 5.38.